The second-order valence-electron chi connectivity index (χ2n) is 10.9. The molecular weight excluding hydrogens is 524 g/mol. The standard InChI is InChI=1S/C28H33ClN4O6/c1-14(2)30-28(35)38-18-9-7-16(8-10-18)15-3-5-17(6-4-15)23-19(29)11-20-26(32-23)33-27(31-20)39-22-13-37-24-21(34)12-36-25(22)24/h3-6,11,14,16,18,21-22,24-25,34H,7-10,12-13H2,1-2H3,(H,30,35)(H,31,32,33)/t16?,18?,21-,22-,24?,25?/m1/s1. The molecule has 4 atom stereocenters. The van der Waals surface area contributed by atoms with Crippen molar-refractivity contribution < 1.29 is 28.8 Å². The number of nitrogens with zero attached hydrogens (tertiary/aromatic N) is 2. The van der Waals surface area contributed by atoms with Crippen molar-refractivity contribution in [1.29, 1.82) is 0 Å². The molecule has 208 valence electrons. The van der Waals surface area contributed by atoms with Gasteiger partial charge in [-0.3, -0.25) is 0 Å². The number of imidazole rings is 1. The number of rotatable bonds is 6. The summed E-state index contributed by atoms with van der Waals surface area (Å²) < 4.78 is 22.8. The van der Waals surface area contributed by atoms with Crippen LogP contribution in [0.15, 0.2) is 30.3 Å². The maximum absolute atomic E-state index is 11.9. The topological polar surface area (TPSA) is 128 Å². The molecule has 3 N–H and O–H groups in total. The highest BCUT2D eigenvalue weighted by molar-refractivity contribution is 6.33. The number of benzene rings is 1. The number of aliphatic hydroxyl groups is 1. The highest BCUT2D eigenvalue weighted by Crippen LogP contribution is 2.36. The molecule has 1 aliphatic carbocycles. The molecule has 11 heteroatoms. The zero-order chi connectivity index (χ0) is 27.1. The van der Waals surface area contributed by atoms with Gasteiger partial charge in [-0.1, -0.05) is 35.9 Å². The molecule has 39 heavy (non-hydrogen) atoms. The van der Waals surface area contributed by atoms with E-state index in [1.165, 1.54) is 5.56 Å². The molecule has 2 aliphatic heterocycles. The molecular formula is C28H33ClN4O6. The second-order valence-corrected chi connectivity index (χ2v) is 11.3. The number of aliphatic hydroxyl groups excluding tert-OH is 1. The van der Waals surface area contributed by atoms with Gasteiger partial charge >= 0.3 is 6.09 Å². The van der Waals surface area contributed by atoms with Crippen LogP contribution in [0.25, 0.3) is 22.4 Å². The van der Waals surface area contributed by atoms with Gasteiger partial charge < -0.3 is 34.4 Å². The van der Waals surface area contributed by atoms with Crippen LogP contribution in [0.1, 0.15) is 51.0 Å². The summed E-state index contributed by atoms with van der Waals surface area (Å²) >= 11 is 6.62. The maximum atomic E-state index is 11.9. The van der Waals surface area contributed by atoms with Gasteiger partial charge in [0.25, 0.3) is 6.01 Å². The Morgan fingerprint density at radius 1 is 1.10 bits per heavy atom. The van der Waals surface area contributed by atoms with E-state index >= 15 is 0 Å². The summed E-state index contributed by atoms with van der Waals surface area (Å²) in [5, 5.41) is 13.2. The van der Waals surface area contributed by atoms with Crippen molar-refractivity contribution in [3.63, 3.8) is 0 Å². The number of alkyl carbamates (subject to hydrolysis) is 1. The van der Waals surface area contributed by atoms with Crippen LogP contribution in [0, 0.1) is 0 Å². The third-order valence-corrected chi connectivity index (χ3v) is 7.95. The van der Waals surface area contributed by atoms with Gasteiger partial charge in [-0.2, -0.15) is 4.98 Å². The number of fused-ring (bicyclic) bond motifs is 2. The van der Waals surface area contributed by atoms with Crippen LogP contribution >= 0.6 is 11.6 Å². The van der Waals surface area contributed by atoms with Crippen molar-refractivity contribution in [3.05, 3.63) is 40.9 Å². The van der Waals surface area contributed by atoms with E-state index in [9.17, 15) is 9.90 Å². The van der Waals surface area contributed by atoms with Gasteiger partial charge in [0, 0.05) is 11.6 Å². The van der Waals surface area contributed by atoms with E-state index in [4.69, 9.17) is 35.5 Å². The summed E-state index contributed by atoms with van der Waals surface area (Å²) in [6, 6.07) is 10.5. The summed E-state index contributed by atoms with van der Waals surface area (Å²) in [5.74, 6) is 0.424. The number of hydrogen-bond donors (Lipinski definition) is 3. The average molecular weight is 557 g/mol. The Kier molecular flexibility index (Phi) is 7.37. The molecule has 1 amide bonds. The molecule has 3 aliphatic rings. The number of aromatic amines is 1. The zero-order valence-electron chi connectivity index (χ0n) is 21.9. The van der Waals surface area contributed by atoms with Gasteiger partial charge in [0.1, 0.15) is 24.4 Å². The Morgan fingerprint density at radius 2 is 1.85 bits per heavy atom. The maximum Gasteiger partial charge on any atom is 0.407 e. The van der Waals surface area contributed by atoms with Crippen molar-refractivity contribution in [2.75, 3.05) is 13.2 Å². The Labute approximate surface area is 231 Å². The van der Waals surface area contributed by atoms with Crippen molar-refractivity contribution in [3.8, 4) is 17.3 Å². The number of aromatic nitrogens is 3. The molecule has 1 saturated carbocycles. The normalized spacial score (nSPS) is 28.5. The van der Waals surface area contributed by atoms with Gasteiger partial charge in [-0.15, -0.1) is 0 Å². The minimum Gasteiger partial charge on any atom is -0.456 e. The molecule has 0 radical (unpaired) electrons. The first-order valence-electron chi connectivity index (χ1n) is 13.6. The number of nitrogens with one attached hydrogen (secondary N) is 2. The van der Waals surface area contributed by atoms with Gasteiger partial charge in [-0.25, -0.2) is 9.78 Å². The van der Waals surface area contributed by atoms with E-state index in [2.05, 4.69) is 27.4 Å². The van der Waals surface area contributed by atoms with Crippen molar-refractivity contribution in [1.82, 2.24) is 20.3 Å². The second kappa shape index (κ2) is 10.9. The summed E-state index contributed by atoms with van der Waals surface area (Å²) in [6.07, 6.45) is 1.57. The molecule has 6 rings (SSSR count). The number of hydrogen-bond acceptors (Lipinski definition) is 8. The summed E-state index contributed by atoms with van der Waals surface area (Å²) in [4.78, 5) is 24.2. The fourth-order valence-electron chi connectivity index (χ4n) is 5.69. The lowest BCUT2D eigenvalue weighted by atomic mass is 9.82. The SMILES string of the molecule is CC(C)NC(=O)OC1CCC(c2ccc(-c3nc4nc(O[C@@H]5COC6C5OC[C@H]6O)[nH]c4cc3Cl)cc2)CC1. The Hall–Kier alpha value is -2.92. The quantitative estimate of drug-likeness (QED) is 0.409. The van der Waals surface area contributed by atoms with Crippen LogP contribution < -0.4 is 10.1 Å². The molecule has 1 aromatic carbocycles. The number of ether oxygens (including phenoxy) is 4. The molecule has 3 fully saturated rings. The van der Waals surface area contributed by atoms with Crippen LogP contribution in [0.3, 0.4) is 0 Å². The fourth-order valence-corrected chi connectivity index (χ4v) is 5.95. The summed E-state index contributed by atoms with van der Waals surface area (Å²) in [6.45, 7) is 4.39. The molecule has 4 heterocycles. The van der Waals surface area contributed by atoms with Crippen molar-refractivity contribution in [2.45, 2.75) is 82.0 Å². The summed E-state index contributed by atoms with van der Waals surface area (Å²) in [5.41, 5.74) is 3.97. The lowest BCUT2D eigenvalue weighted by Crippen LogP contribution is -2.34. The molecule has 3 aromatic rings. The molecule has 0 spiro atoms. The average Bonchev–Trinajstić information content (AvgIpc) is 3.60. The minimum absolute atomic E-state index is 0.0309. The highest BCUT2D eigenvalue weighted by atomic mass is 35.5. The Morgan fingerprint density at radius 3 is 2.59 bits per heavy atom. The van der Waals surface area contributed by atoms with Gasteiger partial charge in [0.05, 0.1) is 29.4 Å². The van der Waals surface area contributed by atoms with Gasteiger partial charge in [-0.05, 0) is 57.1 Å². The van der Waals surface area contributed by atoms with E-state index in [1.54, 1.807) is 6.07 Å². The summed E-state index contributed by atoms with van der Waals surface area (Å²) in [7, 11) is 0. The van der Waals surface area contributed by atoms with E-state index in [1.807, 2.05) is 26.0 Å². The first-order valence-corrected chi connectivity index (χ1v) is 13.9. The number of H-pyrrole nitrogens is 1. The largest absolute Gasteiger partial charge is 0.456 e. The predicted molar refractivity (Wildman–Crippen MR) is 144 cm³/mol. The van der Waals surface area contributed by atoms with Gasteiger partial charge in [0.15, 0.2) is 11.8 Å². The molecule has 2 unspecified atom stereocenters. The first-order chi connectivity index (χ1) is 18.8. The van der Waals surface area contributed by atoms with Crippen LogP contribution in [-0.4, -0.2) is 75.9 Å². The first kappa shape index (κ1) is 26.3. The Bertz CT molecular complexity index is 1320. The molecule has 0 bridgehead atoms. The van der Waals surface area contributed by atoms with Crippen molar-refractivity contribution >= 4 is 28.9 Å². The minimum atomic E-state index is -0.638. The third kappa shape index (κ3) is 5.56. The Balaban J connectivity index is 1.10. The number of pyridine rings is 1. The van der Waals surface area contributed by atoms with Crippen LogP contribution in [0.4, 0.5) is 4.79 Å². The molecule has 2 aromatic heterocycles. The zero-order valence-corrected chi connectivity index (χ0v) is 22.7. The fraction of sp³-hybridized carbons (Fsp3) is 0.536. The molecule has 2 saturated heterocycles. The highest BCUT2D eigenvalue weighted by Gasteiger charge is 2.48. The van der Waals surface area contributed by atoms with E-state index in [0.29, 0.717) is 40.4 Å². The van der Waals surface area contributed by atoms with Crippen LogP contribution in [0.2, 0.25) is 5.02 Å². The number of carbonyl (C=O) groups is 1. The lowest BCUT2D eigenvalue weighted by molar-refractivity contribution is 0.00706. The predicted octanol–water partition coefficient (Wildman–Crippen LogP) is 4.35. The smallest absolute Gasteiger partial charge is 0.407 e. The number of amides is 1. The number of carbonyl (C=O) groups excluding carboxylic acids is 1. The van der Waals surface area contributed by atoms with E-state index in [-0.39, 0.29) is 43.2 Å². The van der Waals surface area contributed by atoms with Crippen LogP contribution in [0.5, 0.6) is 6.01 Å². The molecule has 10 nitrogen and oxygen atoms in total. The van der Waals surface area contributed by atoms with Gasteiger partial charge in [0.2, 0.25) is 0 Å². The lowest BCUT2D eigenvalue weighted by Gasteiger charge is -2.29. The monoisotopic (exact) mass is 556 g/mol. The number of halogens is 1. The van der Waals surface area contributed by atoms with E-state index in [0.717, 1.165) is 31.2 Å². The van der Waals surface area contributed by atoms with Crippen LogP contribution in [-0.2, 0) is 14.2 Å². The van der Waals surface area contributed by atoms with Crippen molar-refractivity contribution in [2.24, 2.45) is 0 Å². The van der Waals surface area contributed by atoms with E-state index < -0.39 is 6.10 Å². The third-order valence-electron chi connectivity index (χ3n) is 7.66.